The summed E-state index contributed by atoms with van der Waals surface area (Å²) in [6.07, 6.45) is 5.02. The molecule has 1 aromatic heterocycles. The van der Waals surface area contributed by atoms with E-state index in [1.54, 1.807) is 0 Å². The summed E-state index contributed by atoms with van der Waals surface area (Å²) in [5.74, 6) is 0. The van der Waals surface area contributed by atoms with Gasteiger partial charge in [0, 0.05) is 16.3 Å². The minimum absolute atomic E-state index is 0.236. The highest BCUT2D eigenvalue weighted by atomic mass is 32.1. The molecule has 2 nitrogen and oxygen atoms in total. The molecule has 0 bridgehead atoms. The van der Waals surface area contributed by atoms with E-state index in [4.69, 9.17) is 5.73 Å². The monoisotopic (exact) mass is 310 g/mol. The molecular weight excluding hydrogens is 276 g/mol. The molecule has 0 fully saturated rings. The number of thiophene rings is 1. The molecule has 0 aliphatic carbocycles. The molecule has 3 heteroatoms. The number of hydrogen-bond donors (Lipinski definition) is 1. The molecule has 0 aromatic carbocycles. The van der Waals surface area contributed by atoms with Gasteiger partial charge in [0.05, 0.1) is 6.04 Å². The Hall–Kier alpha value is -0.380. The molecule has 0 radical (unpaired) electrons. The lowest BCUT2D eigenvalue weighted by atomic mass is 9.95. The Balaban J connectivity index is 2.87. The molecule has 0 saturated carbocycles. The van der Waals surface area contributed by atoms with Gasteiger partial charge < -0.3 is 5.73 Å². The van der Waals surface area contributed by atoms with Crippen LogP contribution < -0.4 is 5.73 Å². The molecule has 21 heavy (non-hydrogen) atoms. The second-order valence-corrected chi connectivity index (χ2v) is 8.06. The molecule has 0 spiro atoms. The molecule has 1 rings (SSSR count). The van der Waals surface area contributed by atoms with Gasteiger partial charge in [-0.05, 0) is 43.5 Å². The van der Waals surface area contributed by atoms with Gasteiger partial charge in [-0.3, -0.25) is 4.90 Å². The van der Waals surface area contributed by atoms with Crippen molar-refractivity contribution in [3.63, 3.8) is 0 Å². The van der Waals surface area contributed by atoms with Crippen molar-refractivity contribution in [3.05, 3.63) is 21.9 Å². The Morgan fingerprint density at radius 1 is 1.10 bits per heavy atom. The third-order valence-corrected chi connectivity index (χ3v) is 5.57. The van der Waals surface area contributed by atoms with Crippen LogP contribution in [0.4, 0.5) is 0 Å². The molecule has 1 atom stereocenters. The highest BCUT2D eigenvalue weighted by Crippen LogP contribution is 2.34. The van der Waals surface area contributed by atoms with E-state index in [0.717, 1.165) is 6.54 Å². The lowest BCUT2D eigenvalue weighted by molar-refractivity contribution is 0.198. The third-order valence-electron chi connectivity index (χ3n) is 3.96. The van der Waals surface area contributed by atoms with Gasteiger partial charge in [-0.2, -0.15) is 0 Å². The number of hydrogen-bond acceptors (Lipinski definition) is 3. The summed E-state index contributed by atoms with van der Waals surface area (Å²) in [6.45, 7) is 14.4. The van der Waals surface area contributed by atoms with Crippen LogP contribution in [-0.4, -0.2) is 24.5 Å². The molecule has 0 aliphatic heterocycles. The zero-order valence-electron chi connectivity index (χ0n) is 14.6. The van der Waals surface area contributed by atoms with Crippen molar-refractivity contribution in [2.24, 2.45) is 5.73 Å². The average molecular weight is 311 g/mol. The van der Waals surface area contributed by atoms with Crippen molar-refractivity contribution in [2.75, 3.05) is 19.6 Å². The fourth-order valence-electron chi connectivity index (χ4n) is 2.53. The first-order chi connectivity index (χ1) is 9.93. The molecule has 1 heterocycles. The van der Waals surface area contributed by atoms with Gasteiger partial charge in [0.15, 0.2) is 0 Å². The van der Waals surface area contributed by atoms with Gasteiger partial charge in [0.25, 0.3) is 0 Å². The van der Waals surface area contributed by atoms with Gasteiger partial charge in [-0.25, -0.2) is 0 Å². The summed E-state index contributed by atoms with van der Waals surface area (Å²) in [5.41, 5.74) is 6.37. The van der Waals surface area contributed by atoms with E-state index >= 15 is 0 Å². The van der Waals surface area contributed by atoms with Crippen LogP contribution in [0.3, 0.4) is 0 Å². The highest BCUT2D eigenvalue weighted by Gasteiger charge is 2.23. The predicted octanol–water partition coefficient (Wildman–Crippen LogP) is 4.95. The zero-order chi connectivity index (χ0) is 15.9. The Morgan fingerprint density at radius 2 is 1.67 bits per heavy atom. The molecule has 1 aromatic rings. The Morgan fingerprint density at radius 3 is 2.05 bits per heavy atom. The van der Waals surface area contributed by atoms with Crippen LogP contribution in [0.25, 0.3) is 0 Å². The van der Waals surface area contributed by atoms with Gasteiger partial charge in [-0.15, -0.1) is 11.3 Å². The summed E-state index contributed by atoms with van der Waals surface area (Å²) >= 11 is 1.95. The highest BCUT2D eigenvalue weighted by molar-refractivity contribution is 7.12. The van der Waals surface area contributed by atoms with Crippen molar-refractivity contribution in [2.45, 2.75) is 71.8 Å². The summed E-state index contributed by atoms with van der Waals surface area (Å²) in [4.78, 5) is 5.50. The van der Waals surface area contributed by atoms with E-state index in [2.05, 4.69) is 51.7 Å². The predicted molar refractivity (Wildman–Crippen MR) is 96.2 cm³/mol. The third kappa shape index (κ3) is 5.72. The smallest absolute Gasteiger partial charge is 0.0564 e. The average Bonchev–Trinajstić information content (AvgIpc) is 2.91. The van der Waals surface area contributed by atoms with E-state index in [9.17, 15) is 0 Å². The first-order valence-electron chi connectivity index (χ1n) is 8.48. The van der Waals surface area contributed by atoms with Gasteiger partial charge >= 0.3 is 0 Å². The largest absolute Gasteiger partial charge is 0.329 e. The lowest BCUT2D eigenvalue weighted by Gasteiger charge is -2.30. The Kier molecular flexibility index (Phi) is 7.93. The van der Waals surface area contributed by atoms with E-state index < -0.39 is 0 Å². The van der Waals surface area contributed by atoms with Crippen LogP contribution in [0.15, 0.2) is 12.1 Å². The summed E-state index contributed by atoms with van der Waals surface area (Å²) in [5, 5.41) is 0. The van der Waals surface area contributed by atoms with Crippen molar-refractivity contribution in [1.29, 1.82) is 0 Å². The molecule has 0 aliphatic rings. The Bertz CT molecular complexity index is 384. The minimum Gasteiger partial charge on any atom is -0.329 e. The SMILES string of the molecule is CCCCN(CCCC)C(CN)c1ccc(C(C)(C)C)s1. The molecule has 1 unspecified atom stereocenters. The van der Waals surface area contributed by atoms with E-state index in [1.165, 1.54) is 48.5 Å². The zero-order valence-corrected chi connectivity index (χ0v) is 15.4. The maximum absolute atomic E-state index is 6.13. The summed E-state index contributed by atoms with van der Waals surface area (Å²) in [7, 11) is 0. The van der Waals surface area contributed by atoms with Gasteiger partial charge in [-0.1, -0.05) is 47.5 Å². The van der Waals surface area contributed by atoms with E-state index in [-0.39, 0.29) is 5.41 Å². The number of rotatable bonds is 9. The minimum atomic E-state index is 0.236. The maximum atomic E-state index is 6.13. The normalized spacial score (nSPS) is 13.9. The van der Waals surface area contributed by atoms with Gasteiger partial charge in [0.1, 0.15) is 0 Å². The number of unbranched alkanes of at least 4 members (excludes halogenated alkanes) is 2. The van der Waals surface area contributed by atoms with Crippen LogP contribution in [-0.2, 0) is 5.41 Å². The van der Waals surface area contributed by atoms with E-state index in [1.807, 2.05) is 11.3 Å². The van der Waals surface area contributed by atoms with Gasteiger partial charge in [0.2, 0.25) is 0 Å². The van der Waals surface area contributed by atoms with Crippen LogP contribution in [0.5, 0.6) is 0 Å². The molecule has 0 amide bonds. The number of nitrogens with two attached hydrogens (primary N) is 1. The van der Waals surface area contributed by atoms with Crippen molar-refractivity contribution in [1.82, 2.24) is 4.90 Å². The van der Waals surface area contributed by atoms with Crippen LogP contribution >= 0.6 is 11.3 Å². The standard InChI is InChI=1S/C18H34N2S/c1-6-8-12-20(13-9-7-2)15(14-19)16-10-11-17(21-16)18(3,4)5/h10-11,15H,6-9,12-14,19H2,1-5H3. The molecular formula is C18H34N2S. The number of nitrogens with zero attached hydrogens (tertiary/aromatic N) is 1. The summed E-state index contributed by atoms with van der Waals surface area (Å²) < 4.78 is 0. The Labute approximate surface area is 135 Å². The molecule has 122 valence electrons. The first-order valence-corrected chi connectivity index (χ1v) is 9.30. The van der Waals surface area contributed by atoms with Crippen molar-refractivity contribution < 1.29 is 0 Å². The van der Waals surface area contributed by atoms with Crippen molar-refractivity contribution >= 4 is 11.3 Å². The topological polar surface area (TPSA) is 29.3 Å². The van der Waals surface area contributed by atoms with Crippen LogP contribution in [0.2, 0.25) is 0 Å². The second-order valence-electron chi connectivity index (χ2n) is 6.95. The lowest BCUT2D eigenvalue weighted by Crippen LogP contribution is -2.35. The fourth-order valence-corrected chi connectivity index (χ4v) is 3.74. The molecule has 2 N–H and O–H groups in total. The van der Waals surface area contributed by atoms with Crippen LogP contribution in [0.1, 0.15) is 76.1 Å². The van der Waals surface area contributed by atoms with Crippen molar-refractivity contribution in [3.8, 4) is 0 Å². The first kappa shape index (κ1) is 18.7. The van der Waals surface area contributed by atoms with Crippen LogP contribution in [0, 0.1) is 0 Å². The summed E-state index contributed by atoms with van der Waals surface area (Å²) in [6, 6.07) is 4.98. The fraction of sp³-hybridized carbons (Fsp3) is 0.778. The van der Waals surface area contributed by atoms with E-state index in [0.29, 0.717) is 6.04 Å². The second kappa shape index (κ2) is 8.92. The quantitative estimate of drug-likeness (QED) is 0.699. The molecule has 0 saturated heterocycles. The maximum Gasteiger partial charge on any atom is 0.0564 e.